The highest BCUT2D eigenvalue weighted by molar-refractivity contribution is 7.79. The van der Waals surface area contributed by atoms with Gasteiger partial charge in [-0.2, -0.15) is 26.3 Å². The Hall–Kier alpha value is -2.48. The Morgan fingerprint density at radius 2 is 1.53 bits per heavy atom. The number of amides is 1. The fourth-order valence-electron chi connectivity index (χ4n) is 4.13. The molecule has 1 fully saturated rings. The minimum Gasteiger partial charge on any atom is -0.772 e. The molecule has 198 valence electrons. The zero-order chi connectivity index (χ0) is 26.7. The highest BCUT2D eigenvalue weighted by Gasteiger charge is 2.74. The quantitative estimate of drug-likeness (QED) is 0.417. The average Bonchev–Trinajstić information content (AvgIpc) is 2.79. The lowest BCUT2D eigenvalue weighted by Crippen LogP contribution is -2.66. The number of carbonyl (C=O) groups excluding carboxylic acids is 1. The summed E-state index contributed by atoms with van der Waals surface area (Å²) in [6.07, 6.45) is -11.5. The molecule has 1 N–H and O–H groups in total. The van der Waals surface area contributed by atoms with Crippen LogP contribution in [0.4, 0.5) is 32.0 Å². The monoisotopic (exact) mass is 537 g/mol. The summed E-state index contributed by atoms with van der Waals surface area (Å²) >= 11 is -2.31. The molecule has 1 saturated heterocycles. The number of morpholine rings is 1. The zero-order valence-corrected chi connectivity index (χ0v) is 19.8. The lowest BCUT2D eigenvalue weighted by molar-refractivity contribution is -0.353. The van der Waals surface area contributed by atoms with Gasteiger partial charge in [-0.3, -0.25) is 13.9 Å². The molecule has 36 heavy (non-hydrogen) atoms. The summed E-state index contributed by atoms with van der Waals surface area (Å²) < 4.78 is 112. The van der Waals surface area contributed by atoms with Crippen LogP contribution in [-0.2, 0) is 32.6 Å². The van der Waals surface area contributed by atoms with Crippen LogP contribution in [0.1, 0.15) is 28.9 Å². The number of benzene rings is 2. The number of hydrogen-bond acceptors (Lipinski definition) is 5. The maximum absolute atomic E-state index is 14.1. The van der Waals surface area contributed by atoms with Gasteiger partial charge in [-0.15, -0.1) is 0 Å². The van der Waals surface area contributed by atoms with Crippen LogP contribution in [0.25, 0.3) is 0 Å². The highest BCUT2D eigenvalue weighted by atomic mass is 32.2. The normalized spacial score (nSPS) is 17.4. The molecule has 0 saturated carbocycles. The first kappa shape index (κ1) is 28.1. The van der Waals surface area contributed by atoms with Gasteiger partial charge in [0.15, 0.2) is 0 Å². The molecule has 1 aliphatic rings. The Bertz CT molecular complexity index is 1050. The number of nitrogens with one attached hydrogen (secondary N) is 1. The van der Waals surface area contributed by atoms with Gasteiger partial charge < -0.3 is 14.6 Å². The summed E-state index contributed by atoms with van der Waals surface area (Å²) in [5.74, 6) is -0.554. The molecule has 2 atom stereocenters. The Labute approximate surface area is 205 Å². The van der Waals surface area contributed by atoms with Crippen LogP contribution in [0.3, 0.4) is 0 Å². The van der Waals surface area contributed by atoms with Crippen LogP contribution in [-0.4, -0.2) is 58.2 Å². The number of ether oxygens (including phenoxy) is 1. The van der Waals surface area contributed by atoms with Crippen LogP contribution in [0.2, 0.25) is 0 Å². The summed E-state index contributed by atoms with van der Waals surface area (Å²) in [6.45, 7) is -0.146. The second kappa shape index (κ2) is 10.9. The van der Waals surface area contributed by atoms with Crippen LogP contribution in [0.5, 0.6) is 0 Å². The van der Waals surface area contributed by atoms with Gasteiger partial charge in [0, 0.05) is 24.0 Å². The van der Waals surface area contributed by atoms with Crippen molar-refractivity contribution < 1.29 is 44.6 Å². The molecule has 13 heteroatoms. The Balaban J connectivity index is 1.79. The maximum atomic E-state index is 14.1. The zero-order valence-electron chi connectivity index (χ0n) is 19.0. The minimum absolute atomic E-state index is 0.0240. The van der Waals surface area contributed by atoms with E-state index < -0.39 is 58.8 Å². The topological polar surface area (TPSA) is 81.7 Å². The van der Waals surface area contributed by atoms with E-state index in [1.807, 2.05) is 0 Å². The number of hydrogen-bond donors (Lipinski definition) is 1. The van der Waals surface area contributed by atoms with Crippen molar-refractivity contribution in [3.63, 3.8) is 0 Å². The van der Waals surface area contributed by atoms with Crippen molar-refractivity contribution in [2.75, 3.05) is 31.6 Å². The summed E-state index contributed by atoms with van der Waals surface area (Å²) in [4.78, 5) is 12.7. The summed E-state index contributed by atoms with van der Waals surface area (Å²) in [5, 5.41) is 1.72. The summed E-state index contributed by atoms with van der Waals surface area (Å²) in [7, 11) is 0. The van der Waals surface area contributed by atoms with Crippen molar-refractivity contribution in [2.24, 2.45) is 0 Å². The van der Waals surface area contributed by atoms with Crippen molar-refractivity contribution in [1.82, 2.24) is 4.90 Å². The number of halogens is 6. The molecule has 0 radical (unpaired) electrons. The van der Waals surface area contributed by atoms with Crippen LogP contribution < -0.4 is 5.32 Å². The highest BCUT2D eigenvalue weighted by Crippen LogP contribution is 2.54. The fourth-order valence-corrected chi connectivity index (χ4v) is 4.51. The standard InChI is InChI=1S/C23H24F6N2O4S/c1-15(36(33)34)17-4-2-16(3-5-17)14-20(32)30-19-8-6-18(7-9-19)21(22(24,25)26,23(27,28)29)31-10-12-35-13-11-31/h2-9,15H,10-14H2,1H3,(H,30,32)(H,33,34)/p-1. The van der Waals surface area contributed by atoms with Crippen LogP contribution >= 0.6 is 0 Å². The van der Waals surface area contributed by atoms with E-state index in [1.54, 1.807) is 24.3 Å². The molecule has 0 aromatic heterocycles. The van der Waals surface area contributed by atoms with E-state index in [0.717, 1.165) is 12.1 Å². The Morgan fingerprint density at radius 3 is 2.00 bits per heavy atom. The smallest absolute Gasteiger partial charge is 0.420 e. The third-order valence-corrected chi connectivity index (χ3v) is 6.84. The molecule has 0 aliphatic carbocycles. The fraction of sp³-hybridized carbons (Fsp3) is 0.435. The van der Waals surface area contributed by atoms with Crippen molar-refractivity contribution in [2.45, 2.75) is 36.5 Å². The van der Waals surface area contributed by atoms with Gasteiger partial charge in [0.25, 0.3) is 0 Å². The van der Waals surface area contributed by atoms with Gasteiger partial charge >= 0.3 is 12.4 Å². The molecular weight excluding hydrogens is 514 g/mol. The van der Waals surface area contributed by atoms with Crippen LogP contribution in [0, 0.1) is 0 Å². The summed E-state index contributed by atoms with van der Waals surface area (Å²) in [6, 6.07) is 9.64. The van der Waals surface area contributed by atoms with Gasteiger partial charge in [-0.25, -0.2) is 0 Å². The van der Waals surface area contributed by atoms with Gasteiger partial charge in [-0.1, -0.05) is 36.4 Å². The Kier molecular flexibility index (Phi) is 8.48. The molecule has 2 unspecified atom stereocenters. The number of anilines is 1. The molecular formula is C23H23F6N2O4S-. The van der Waals surface area contributed by atoms with Gasteiger partial charge in [0.05, 0.1) is 19.6 Å². The van der Waals surface area contributed by atoms with Crippen molar-refractivity contribution >= 4 is 22.7 Å². The molecule has 1 amide bonds. The molecule has 2 aromatic rings. The molecule has 1 aliphatic heterocycles. The first-order valence-corrected chi connectivity index (χ1v) is 11.9. The number of carbonyl (C=O) groups is 1. The molecule has 0 bridgehead atoms. The summed E-state index contributed by atoms with van der Waals surface area (Å²) in [5.41, 5.74) is -4.14. The first-order chi connectivity index (χ1) is 16.8. The van der Waals surface area contributed by atoms with E-state index in [-0.39, 0.29) is 25.3 Å². The molecule has 6 nitrogen and oxygen atoms in total. The molecule has 2 aromatic carbocycles. The molecule has 0 spiro atoms. The van der Waals surface area contributed by atoms with E-state index in [9.17, 15) is 39.9 Å². The minimum atomic E-state index is -5.67. The van der Waals surface area contributed by atoms with E-state index in [0.29, 0.717) is 28.2 Å². The SMILES string of the molecule is CC(c1ccc(CC(=O)Nc2ccc(C(N3CCOCC3)(C(F)(F)F)C(F)(F)F)cc2)cc1)S(=O)[O-]. The van der Waals surface area contributed by atoms with E-state index in [1.165, 1.54) is 6.92 Å². The number of rotatable bonds is 7. The molecule has 1 heterocycles. The third-order valence-electron chi connectivity index (χ3n) is 5.99. The lowest BCUT2D eigenvalue weighted by Gasteiger charge is -2.47. The average molecular weight is 538 g/mol. The first-order valence-electron chi connectivity index (χ1n) is 10.8. The second-order valence-corrected chi connectivity index (χ2v) is 9.48. The van der Waals surface area contributed by atoms with E-state index >= 15 is 0 Å². The van der Waals surface area contributed by atoms with Gasteiger partial charge in [0.2, 0.25) is 11.4 Å². The lowest BCUT2D eigenvalue weighted by atomic mass is 9.85. The van der Waals surface area contributed by atoms with E-state index in [4.69, 9.17) is 4.74 Å². The van der Waals surface area contributed by atoms with Gasteiger partial charge in [0.1, 0.15) is 0 Å². The number of alkyl halides is 6. The maximum Gasteiger partial charge on any atom is 0.420 e. The second-order valence-electron chi connectivity index (χ2n) is 8.25. The predicted molar refractivity (Wildman–Crippen MR) is 119 cm³/mol. The Morgan fingerprint density at radius 1 is 1.00 bits per heavy atom. The largest absolute Gasteiger partial charge is 0.772 e. The predicted octanol–water partition coefficient (Wildman–Crippen LogP) is 4.46. The van der Waals surface area contributed by atoms with Crippen LogP contribution in [0.15, 0.2) is 48.5 Å². The third kappa shape index (κ3) is 5.74. The number of nitrogens with zero attached hydrogens (tertiary/aromatic N) is 1. The molecule has 3 rings (SSSR count). The van der Waals surface area contributed by atoms with E-state index in [2.05, 4.69) is 5.32 Å². The van der Waals surface area contributed by atoms with Crippen molar-refractivity contribution in [3.8, 4) is 0 Å². The van der Waals surface area contributed by atoms with Crippen molar-refractivity contribution in [3.05, 3.63) is 65.2 Å². The van der Waals surface area contributed by atoms with Gasteiger partial charge in [-0.05, 0) is 46.8 Å². The van der Waals surface area contributed by atoms with Crippen molar-refractivity contribution in [1.29, 1.82) is 0 Å².